The zero-order valence-electron chi connectivity index (χ0n) is 22.5. The van der Waals surface area contributed by atoms with Crippen molar-refractivity contribution < 1.29 is 45.5 Å². The molecule has 42 heavy (non-hydrogen) atoms. The van der Waals surface area contributed by atoms with Crippen molar-refractivity contribution in [2.75, 3.05) is 18.5 Å². The van der Waals surface area contributed by atoms with Gasteiger partial charge < -0.3 is 24.5 Å². The van der Waals surface area contributed by atoms with E-state index in [1.54, 1.807) is 19.1 Å². The Kier molecular flexibility index (Phi) is 11.2. The van der Waals surface area contributed by atoms with Crippen LogP contribution in [-0.2, 0) is 30.8 Å². The zero-order valence-corrected chi connectivity index (χ0v) is 24.1. The van der Waals surface area contributed by atoms with E-state index in [-0.39, 0.29) is 41.4 Å². The molecule has 3 aromatic rings. The highest BCUT2D eigenvalue weighted by Crippen LogP contribution is 2.29. The number of halogens is 3. The van der Waals surface area contributed by atoms with Gasteiger partial charge in [0, 0.05) is 17.7 Å². The Morgan fingerprint density at radius 2 is 1.76 bits per heavy atom. The molecule has 15 heteroatoms. The van der Waals surface area contributed by atoms with Gasteiger partial charge in [0.15, 0.2) is 5.78 Å². The maximum Gasteiger partial charge on any atom is 0.340 e. The van der Waals surface area contributed by atoms with Gasteiger partial charge in [-0.25, -0.2) is 27.1 Å². The number of ether oxygens (including phenoxy) is 2. The van der Waals surface area contributed by atoms with Gasteiger partial charge >= 0.3 is 11.9 Å². The molecule has 0 saturated heterocycles. The van der Waals surface area contributed by atoms with Crippen LogP contribution >= 0.6 is 11.6 Å². The number of rotatable bonds is 14. The van der Waals surface area contributed by atoms with Gasteiger partial charge in [-0.2, -0.15) is 0 Å². The first-order chi connectivity index (χ1) is 19.7. The predicted octanol–water partition coefficient (Wildman–Crippen LogP) is 3.81. The summed E-state index contributed by atoms with van der Waals surface area (Å²) in [5.74, 6) is -3.47. The number of carbonyl (C=O) groups excluding carboxylic acids is 3. The quantitative estimate of drug-likeness (QED) is 0.177. The van der Waals surface area contributed by atoms with Gasteiger partial charge in [-0.3, -0.25) is 9.59 Å². The lowest BCUT2D eigenvalue weighted by Crippen LogP contribution is -2.42. The number of anilines is 1. The number of primary sulfonamides is 1. The number of hydrogen-bond donors (Lipinski definition) is 3. The minimum Gasteiger partial charge on any atom is -0.467 e. The molecule has 2 atom stereocenters. The molecule has 0 bridgehead atoms. The Balaban J connectivity index is 1.52. The fraction of sp³-hybridized carbons (Fsp3) is 0.296. The number of sulfonamides is 1. The summed E-state index contributed by atoms with van der Waals surface area (Å²) in [4.78, 5) is 37.0. The second kappa shape index (κ2) is 14.4. The van der Waals surface area contributed by atoms with Crippen molar-refractivity contribution in [3.63, 3.8) is 0 Å². The zero-order chi connectivity index (χ0) is 31.0. The normalized spacial score (nSPS) is 12.8. The molecule has 2 unspecified atom stereocenters. The highest BCUT2D eigenvalue weighted by molar-refractivity contribution is 7.89. The molecule has 1 aromatic heterocycles. The van der Waals surface area contributed by atoms with Crippen LogP contribution in [0, 0.1) is 11.6 Å². The molecule has 4 N–H and O–H groups in total. The van der Waals surface area contributed by atoms with Gasteiger partial charge in [-0.15, -0.1) is 0 Å². The molecular formula is C27H28ClF2N3O8S. The van der Waals surface area contributed by atoms with Crippen LogP contribution in [0.5, 0.6) is 0 Å². The van der Waals surface area contributed by atoms with Crippen molar-refractivity contribution in [2.24, 2.45) is 5.14 Å². The van der Waals surface area contributed by atoms with Gasteiger partial charge in [-0.05, 0) is 50.2 Å². The Hall–Kier alpha value is -3.85. The summed E-state index contributed by atoms with van der Waals surface area (Å²) < 4.78 is 66.2. The van der Waals surface area contributed by atoms with E-state index in [9.17, 15) is 31.6 Å². The van der Waals surface area contributed by atoms with Crippen LogP contribution in [-0.4, -0.2) is 51.4 Å². The Labute approximate surface area is 245 Å². The molecule has 226 valence electrons. The van der Waals surface area contributed by atoms with E-state index in [4.69, 9.17) is 30.6 Å². The van der Waals surface area contributed by atoms with Crippen molar-refractivity contribution in [2.45, 2.75) is 43.8 Å². The summed E-state index contributed by atoms with van der Waals surface area (Å²) in [6.45, 7) is 2.71. The number of ketones is 1. The van der Waals surface area contributed by atoms with E-state index in [2.05, 4.69) is 10.6 Å². The largest absolute Gasteiger partial charge is 0.467 e. The molecule has 0 aliphatic rings. The number of nitrogens with one attached hydrogen (secondary N) is 2. The van der Waals surface area contributed by atoms with Crippen LogP contribution in [0.25, 0.3) is 0 Å². The molecule has 0 amide bonds. The first-order valence-electron chi connectivity index (χ1n) is 12.5. The standard InChI is InChI=1S/C27H28ClF2N3O8S/c1-15(33-16(2)26(35)17-8-18(29)10-19(30)9-17)14-41-25(34)5-7-40-27(36)21-11-24(42(31,37)38)22(28)12-23(21)32-13-20-4-3-6-39-20/h3-4,6,8-12,15-16,32-33H,5,7,13-14H2,1-2H3,(H2,31,37,38). The molecule has 3 rings (SSSR count). The van der Waals surface area contributed by atoms with E-state index in [0.29, 0.717) is 11.8 Å². The van der Waals surface area contributed by atoms with Crippen LogP contribution in [0.3, 0.4) is 0 Å². The highest BCUT2D eigenvalue weighted by atomic mass is 35.5. The molecule has 0 radical (unpaired) electrons. The maximum absolute atomic E-state index is 13.4. The lowest BCUT2D eigenvalue weighted by molar-refractivity contribution is -0.145. The molecule has 0 spiro atoms. The van der Waals surface area contributed by atoms with Crippen LogP contribution in [0.2, 0.25) is 5.02 Å². The smallest absolute Gasteiger partial charge is 0.340 e. The summed E-state index contributed by atoms with van der Waals surface area (Å²) in [6.07, 6.45) is 1.12. The molecule has 0 aliphatic carbocycles. The predicted molar refractivity (Wildman–Crippen MR) is 147 cm³/mol. The summed E-state index contributed by atoms with van der Waals surface area (Å²) in [7, 11) is -4.27. The molecule has 0 fully saturated rings. The first-order valence-corrected chi connectivity index (χ1v) is 14.4. The van der Waals surface area contributed by atoms with Gasteiger partial charge in [0.2, 0.25) is 10.0 Å². The number of carbonyl (C=O) groups is 3. The van der Waals surface area contributed by atoms with E-state index < -0.39 is 63.0 Å². The third kappa shape index (κ3) is 9.34. The van der Waals surface area contributed by atoms with E-state index >= 15 is 0 Å². The van der Waals surface area contributed by atoms with Crippen molar-refractivity contribution in [3.8, 4) is 0 Å². The van der Waals surface area contributed by atoms with Crippen molar-refractivity contribution >= 4 is 45.0 Å². The Morgan fingerprint density at radius 1 is 1.07 bits per heavy atom. The monoisotopic (exact) mass is 627 g/mol. The highest BCUT2D eigenvalue weighted by Gasteiger charge is 2.23. The molecule has 0 aliphatic heterocycles. The lowest BCUT2D eigenvalue weighted by atomic mass is 10.0. The second-order valence-corrected chi connectivity index (χ2v) is 11.1. The molecule has 1 heterocycles. The van der Waals surface area contributed by atoms with Gasteiger partial charge in [0.05, 0.1) is 41.5 Å². The van der Waals surface area contributed by atoms with E-state index in [0.717, 1.165) is 18.2 Å². The number of esters is 2. The summed E-state index contributed by atoms with van der Waals surface area (Å²) in [5.41, 5.74) is -0.200. The van der Waals surface area contributed by atoms with Crippen LogP contribution in [0.15, 0.2) is 58.0 Å². The van der Waals surface area contributed by atoms with Crippen molar-refractivity contribution in [3.05, 3.63) is 82.3 Å². The summed E-state index contributed by atoms with van der Waals surface area (Å²) in [6, 6.07) is 6.67. The Morgan fingerprint density at radius 3 is 2.38 bits per heavy atom. The third-order valence-corrected chi connectivity index (χ3v) is 7.12. The minimum atomic E-state index is -4.27. The van der Waals surface area contributed by atoms with Gasteiger partial charge in [0.1, 0.15) is 35.5 Å². The third-order valence-electron chi connectivity index (χ3n) is 5.74. The average molecular weight is 628 g/mol. The summed E-state index contributed by atoms with van der Waals surface area (Å²) in [5, 5.41) is 10.8. The van der Waals surface area contributed by atoms with Crippen LogP contribution < -0.4 is 15.8 Å². The number of hydrogen-bond acceptors (Lipinski definition) is 10. The number of furan rings is 1. The van der Waals surface area contributed by atoms with E-state index in [1.165, 1.54) is 19.3 Å². The average Bonchev–Trinajstić information content (AvgIpc) is 3.42. The minimum absolute atomic E-state index is 0.139. The van der Waals surface area contributed by atoms with E-state index in [1.807, 2.05) is 0 Å². The fourth-order valence-electron chi connectivity index (χ4n) is 3.77. The fourth-order valence-corrected chi connectivity index (χ4v) is 4.87. The maximum atomic E-state index is 13.4. The Bertz CT molecular complexity index is 1530. The SMILES string of the molecule is CC(COC(=O)CCOC(=O)c1cc(S(N)(=O)=O)c(Cl)cc1NCc1ccco1)NC(C)C(=O)c1cc(F)cc(F)c1. The van der Waals surface area contributed by atoms with Crippen molar-refractivity contribution in [1.29, 1.82) is 0 Å². The molecule has 0 saturated carbocycles. The van der Waals surface area contributed by atoms with Gasteiger partial charge in [0.25, 0.3) is 0 Å². The number of Topliss-reactive ketones (excluding diaryl/α,β-unsaturated/α-hetero) is 1. The van der Waals surface area contributed by atoms with Crippen molar-refractivity contribution in [1.82, 2.24) is 5.32 Å². The molecule has 2 aromatic carbocycles. The van der Waals surface area contributed by atoms with Gasteiger partial charge in [-0.1, -0.05) is 11.6 Å². The number of benzene rings is 2. The topological polar surface area (TPSA) is 167 Å². The second-order valence-electron chi connectivity index (χ2n) is 9.19. The van der Waals surface area contributed by atoms with Crippen LogP contribution in [0.4, 0.5) is 14.5 Å². The van der Waals surface area contributed by atoms with Crippen LogP contribution in [0.1, 0.15) is 46.7 Å². The first kappa shape index (κ1) is 32.7. The lowest BCUT2D eigenvalue weighted by Gasteiger charge is -2.19. The number of nitrogens with two attached hydrogens (primary N) is 1. The molecule has 11 nitrogen and oxygen atoms in total. The summed E-state index contributed by atoms with van der Waals surface area (Å²) >= 11 is 6.06. The molecular weight excluding hydrogens is 600 g/mol.